The Morgan fingerprint density at radius 3 is 2.27 bits per heavy atom. The lowest BCUT2D eigenvalue weighted by Crippen LogP contribution is -2.11. The summed E-state index contributed by atoms with van der Waals surface area (Å²) in [6.07, 6.45) is 4.20. The van der Waals surface area contributed by atoms with Crippen molar-refractivity contribution in [3.8, 4) is 0 Å². The van der Waals surface area contributed by atoms with Crippen LogP contribution in [0.3, 0.4) is 0 Å². The fourth-order valence-corrected chi connectivity index (χ4v) is 0.834. The van der Waals surface area contributed by atoms with Gasteiger partial charge in [-0.05, 0) is 13.3 Å². The van der Waals surface area contributed by atoms with Gasteiger partial charge in [0.15, 0.2) is 0 Å². The van der Waals surface area contributed by atoms with Crippen molar-refractivity contribution in [3.05, 3.63) is 12.7 Å². The summed E-state index contributed by atoms with van der Waals surface area (Å²) in [6.45, 7) is 8.46. The van der Waals surface area contributed by atoms with E-state index in [-0.39, 0.29) is 12.1 Å². The third-order valence-electron chi connectivity index (χ3n) is 1.51. The van der Waals surface area contributed by atoms with Crippen LogP contribution in [0, 0.1) is 0 Å². The Bertz CT molecular complexity index is 199. The molecular weight excluding hydrogens is 196 g/mol. The summed E-state index contributed by atoms with van der Waals surface area (Å²) in [7, 11) is 0. The van der Waals surface area contributed by atoms with Gasteiger partial charge in [-0.2, -0.15) is 0 Å². The quantitative estimate of drug-likeness (QED) is 0.566. The number of carbonyl (C=O) groups is 2. The van der Waals surface area contributed by atoms with E-state index in [0.717, 1.165) is 25.3 Å². The number of carboxylic acids is 1. The zero-order valence-corrected chi connectivity index (χ0v) is 9.66. The van der Waals surface area contributed by atoms with Crippen LogP contribution < -0.4 is 0 Å². The minimum Gasteiger partial charge on any atom is -0.478 e. The molecule has 1 N–H and O–H groups in total. The standard InChI is InChI=1S/C8H16O2.C3H4O2/c1-4-5-6-7(2)10-8(3)9;1-2-3(4)5/h7H,4-6H2,1-3H3;2H,1H2,(H,4,5). The van der Waals surface area contributed by atoms with Gasteiger partial charge in [0, 0.05) is 13.0 Å². The molecule has 15 heavy (non-hydrogen) atoms. The topological polar surface area (TPSA) is 63.6 Å². The third-order valence-corrected chi connectivity index (χ3v) is 1.51. The van der Waals surface area contributed by atoms with E-state index in [1.165, 1.54) is 6.92 Å². The van der Waals surface area contributed by atoms with E-state index >= 15 is 0 Å². The van der Waals surface area contributed by atoms with Crippen molar-refractivity contribution >= 4 is 11.9 Å². The van der Waals surface area contributed by atoms with Crippen LogP contribution in [0.4, 0.5) is 0 Å². The largest absolute Gasteiger partial charge is 0.478 e. The van der Waals surface area contributed by atoms with E-state index in [9.17, 15) is 9.59 Å². The van der Waals surface area contributed by atoms with E-state index in [1.807, 2.05) is 6.92 Å². The molecule has 88 valence electrons. The van der Waals surface area contributed by atoms with E-state index in [4.69, 9.17) is 9.84 Å². The van der Waals surface area contributed by atoms with Gasteiger partial charge < -0.3 is 9.84 Å². The highest BCUT2D eigenvalue weighted by Crippen LogP contribution is 2.03. The molecule has 0 fully saturated rings. The summed E-state index contributed by atoms with van der Waals surface area (Å²) >= 11 is 0. The van der Waals surface area contributed by atoms with Crippen molar-refractivity contribution < 1.29 is 19.4 Å². The molecule has 0 amide bonds. The Balaban J connectivity index is 0. The lowest BCUT2D eigenvalue weighted by atomic mass is 10.2. The van der Waals surface area contributed by atoms with E-state index < -0.39 is 5.97 Å². The van der Waals surface area contributed by atoms with Gasteiger partial charge in [0.25, 0.3) is 0 Å². The van der Waals surface area contributed by atoms with Gasteiger partial charge in [-0.25, -0.2) is 4.79 Å². The van der Waals surface area contributed by atoms with Gasteiger partial charge in [-0.3, -0.25) is 4.79 Å². The number of esters is 1. The Morgan fingerprint density at radius 2 is 2.00 bits per heavy atom. The number of carboxylic acid groups (broad SMARTS) is 1. The first kappa shape index (κ1) is 16.1. The number of carbonyl (C=O) groups excluding carboxylic acids is 1. The first-order chi connectivity index (χ1) is 6.93. The number of hydrogen-bond donors (Lipinski definition) is 1. The van der Waals surface area contributed by atoms with Crippen molar-refractivity contribution in [3.63, 3.8) is 0 Å². The van der Waals surface area contributed by atoms with Crippen molar-refractivity contribution in [2.45, 2.75) is 46.1 Å². The number of hydrogen-bond acceptors (Lipinski definition) is 3. The molecule has 0 aliphatic heterocycles. The van der Waals surface area contributed by atoms with Gasteiger partial charge >= 0.3 is 11.9 Å². The highest BCUT2D eigenvalue weighted by molar-refractivity contribution is 5.78. The fourth-order valence-electron chi connectivity index (χ4n) is 0.834. The van der Waals surface area contributed by atoms with Crippen LogP contribution in [-0.4, -0.2) is 23.1 Å². The summed E-state index contributed by atoms with van der Waals surface area (Å²) in [5.41, 5.74) is 0. The number of rotatable bonds is 5. The molecule has 0 aromatic rings. The molecule has 0 aromatic heterocycles. The average molecular weight is 216 g/mol. The van der Waals surface area contributed by atoms with Crippen molar-refractivity contribution in [1.82, 2.24) is 0 Å². The second-order valence-corrected chi connectivity index (χ2v) is 3.10. The van der Waals surface area contributed by atoms with Crippen molar-refractivity contribution in [2.24, 2.45) is 0 Å². The Morgan fingerprint density at radius 1 is 1.53 bits per heavy atom. The molecule has 0 aliphatic carbocycles. The normalized spacial score (nSPS) is 10.6. The molecule has 1 unspecified atom stereocenters. The smallest absolute Gasteiger partial charge is 0.327 e. The molecule has 0 saturated heterocycles. The maximum atomic E-state index is 10.4. The molecule has 1 atom stereocenters. The second kappa shape index (κ2) is 10.8. The molecule has 0 bridgehead atoms. The molecule has 0 rings (SSSR count). The van der Waals surface area contributed by atoms with Gasteiger partial charge in [-0.15, -0.1) is 0 Å². The predicted molar refractivity (Wildman–Crippen MR) is 58.6 cm³/mol. The SMILES string of the molecule is C=CC(=O)O.CCCCC(C)OC(C)=O. The number of ether oxygens (including phenoxy) is 1. The molecule has 0 saturated carbocycles. The Hall–Kier alpha value is -1.32. The zero-order chi connectivity index (χ0) is 12.3. The predicted octanol–water partition coefficient (Wildman–Crippen LogP) is 2.39. The van der Waals surface area contributed by atoms with Crippen LogP contribution in [0.25, 0.3) is 0 Å². The highest BCUT2D eigenvalue weighted by Gasteiger charge is 2.02. The summed E-state index contributed by atoms with van der Waals surface area (Å²) < 4.78 is 4.91. The number of aliphatic carboxylic acids is 1. The summed E-state index contributed by atoms with van der Waals surface area (Å²) in [5, 5.41) is 7.60. The molecular formula is C11H20O4. The fraction of sp³-hybridized carbons (Fsp3) is 0.636. The first-order valence-electron chi connectivity index (χ1n) is 4.96. The molecule has 4 nitrogen and oxygen atoms in total. The molecule has 0 heterocycles. The third kappa shape index (κ3) is 19.2. The van der Waals surface area contributed by atoms with E-state index in [1.54, 1.807) is 0 Å². The molecule has 0 aliphatic rings. The van der Waals surface area contributed by atoms with Gasteiger partial charge in [-0.1, -0.05) is 26.3 Å². The van der Waals surface area contributed by atoms with Gasteiger partial charge in [0.1, 0.15) is 0 Å². The van der Waals surface area contributed by atoms with Gasteiger partial charge in [0.2, 0.25) is 0 Å². The first-order valence-corrected chi connectivity index (χ1v) is 4.96. The average Bonchev–Trinajstić information content (AvgIpc) is 2.14. The summed E-state index contributed by atoms with van der Waals surface area (Å²) in [5.74, 6) is -1.16. The molecule has 0 spiro atoms. The van der Waals surface area contributed by atoms with Crippen LogP contribution in [0.5, 0.6) is 0 Å². The van der Waals surface area contributed by atoms with Crippen LogP contribution in [0.1, 0.15) is 40.0 Å². The van der Waals surface area contributed by atoms with Crippen LogP contribution in [-0.2, 0) is 14.3 Å². The monoisotopic (exact) mass is 216 g/mol. The molecule has 0 radical (unpaired) electrons. The van der Waals surface area contributed by atoms with Crippen molar-refractivity contribution in [2.75, 3.05) is 0 Å². The lowest BCUT2D eigenvalue weighted by molar-refractivity contribution is -0.145. The Labute approximate surface area is 90.9 Å². The minimum atomic E-state index is -0.981. The van der Waals surface area contributed by atoms with Crippen LogP contribution in [0.2, 0.25) is 0 Å². The minimum absolute atomic E-state index is 0.0949. The summed E-state index contributed by atoms with van der Waals surface area (Å²) in [6, 6.07) is 0. The van der Waals surface area contributed by atoms with Gasteiger partial charge in [0.05, 0.1) is 6.10 Å². The highest BCUT2D eigenvalue weighted by atomic mass is 16.5. The summed E-state index contributed by atoms with van der Waals surface area (Å²) in [4.78, 5) is 19.6. The van der Waals surface area contributed by atoms with Crippen LogP contribution >= 0.6 is 0 Å². The maximum Gasteiger partial charge on any atom is 0.327 e. The maximum absolute atomic E-state index is 10.4. The van der Waals surface area contributed by atoms with E-state index in [2.05, 4.69) is 13.5 Å². The zero-order valence-electron chi connectivity index (χ0n) is 9.66. The lowest BCUT2D eigenvalue weighted by Gasteiger charge is -2.09. The Kier molecular flexibility index (Phi) is 11.6. The second-order valence-electron chi connectivity index (χ2n) is 3.10. The molecule has 0 aromatic carbocycles. The van der Waals surface area contributed by atoms with Crippen molar-refractivity contribution in [1.29, 1.82) is 0 Å². The number of unbranched alkanes of at least 4 members (excludes halogenated alkanes) is 1. The van der Waals surface area contributed by atoms with Crippen LogP contribution in [0.15, 0.2) is 12.7 Å². The molecule has 4 heteroatoms. The van der Waals surface area contributed by atoms with E-state index in [0.29, 0.717) is 0 Å².